The highest BCUT2D eigenvalue weighted by Gasteiger charge is 2.18. The van der Waals surface area contributed by atoms with E-state index in [0.29, 0.717) is 11.5 Å². The van der Waals surface area contributed by atoms with Gasteiger partial charge in [-0.3, -0.25) is 14.9 Å². The molecule has 102 valence electrons. The van der Waals surface area contributed by atoms with Crippen LogP contribution in [0, 0.1) is 13.7 Å². The van der Waals surface area contributed by atoms with Gasteiger partial charge in [0.05, 0.1) is 16.6 Å². The average Bonchev–Trinajstić information content (AvgIpc) is 2.38. The van der Waals surface area contributed by atoms with Gasteiger partial charge in [-0.25, -0.2) is 0 Å². The molecule has 0 radical (unpaired) electrons. The predicted octanol–water partition coefficient (Wildman–Crippen LogP) is 4.19. The smallest absolute Gasteiger partial charge is 0.283 e. The molecule has 6 heteroatoms. The van der Waals surface area contributed by atoms with Gasteiger partial charge in [-0.1, -0.05) is 6.07 Å². The van der Waals surface area contributed by atoms with Gasteiger partial charge in [-0.05, 0) is 59.8 Å². The Morgan fingerprint density at radius 2 is 1.90 bits per heavy atom. The Bertz CT molecular complexity index is 685. The Morgan fingerprint density at radius 3 is 2.50 bits per heavy atom. The Labute approximate surface area is 128 Å². The lowest BCUT2D eigenvalue weighted by Crippen LogP contribution is -2.00. The third kappa shape index (κ3) is 3.32. The number of carbonyl (C=O) groups is 1. The van der Waals surface area contributed by atoms with E-state index in [1.165, 1.54) is 19.1 Å². The Kier molecular flexibility index (Phi) is 4.33. The molecule has 0 heterocycles. The van der Waals surface area contributed by atoms with Gasteiger partial charge < -0.3 is 4.74 Å². The summed E-state index contributed by atoms with van der Waals surface area (Å²) in [6, 6.07) is 11.5. The molecule has 0 saturated carbocycles. The maximum Gasteiger partial charge on any atom is 0.283 e. The number of nitrogens with zero attached hydrogens (tertiary/aromatic N) is 1. The van der Waals surface area contributed by atoms with E-state index in [9.17, 15) is 14.9 Å². The average molecular weight is 383 g/mol. The summed E-state index contributed by atoms with van der Waals surface area (Å²) < 4.78 is 6.56. The van der Waals surface area contributed by atoms with Crippen LogP contribution in [0.5, 0.6) is 11.5 Å². The molecule has 0 atom stereocenters. The van der Waals surface area contributed by atoms with Crippen molar-refractivity contribution in [2.24, 2.45) is 0 Å². The molecule has 2 aromatic rings. The van der Waals surface area contributed by atoms with E-state index in [1.807, 2.05) is 18.2 Å². The third-order valence-corrected chi connectivity index (χ3v) is 3.25. The Morgan fingerprint density at radius 1 is 1.20 bits per heavy atom. The minimum atomic E-state index is -0.585. The van der Waals surface area contributed by atoms with Gasteiger partial charge in [0.2, 0.25) is 0 Å². The van der Waals surface area contributed by atoms with Crippen molar-refractivity contribution in [3.8, 4) is 11.5 Å². The van der Waals surface area contributed by atoms with Crippen molar-refractivity contribution < 1.29 is 14.5 Å². The number of nitro benzene ring substituents is 1. The lowest BCUT2D eigenvalue weighted by molar-refractivity contribution is -0.385. The van der Waals surface area contributed by atoms with Crippen LogP contribution in [0.3, 0.4) is 0 Å². The van der Waals surface area contributed by atoms with Crippen LogP contribution in [0.2, 0.25) is 0 Å². The second kappa shape index (κ2) is 6.00. The highest BCUT2D eigenvalue weighted by atomic mass is 127. The number of ether oxygens (including phenoxy) is 1. The number of rotatable bonds is 4. The molecule has 0 spiro atoms. The summed E-state index contributed by atoms with van der Waals surface area (Å²) in [5.74, 6) is 0.558. The van der Waals surface area contributed by atoms with Gasteiger partial charge in [0.25, 0.3) is 5.69 Å². The normalized spacial score (nSPS) is 10.1. The molecule has 5 nitrogen and oxygen atoms in total. The fourth-order valence-electron chi connectivity index (χ4n) is 1.69. The van der Waals surface area contributed by atoms with Crippen molar-refractivity contribution in [1.29, 1.82) is 0 Å². The van der Waals surface area contributed by atoms with Gasteiger partial charge in [-0.15, -0.1) is 0 Å². The number of halogens is 1. The number of ketones is 1. The van der Waals surface area contributed by atoms with Crippen LogP contribution >= 0.6 is 22.6 Å². The molecule has 2 rings (SSSR count). The number of Topliss-reactive ketones (excluding diaryl/α,β-unsaturated/α-hetero) is 1. The van der Waals surface area contributed by atoms with Crippen LogP contribution in [0.1, 0.15) is 17.3 Å². The minimum Gasteiger partial charge on any atom is -0.457 e. The zero-order valence-corrected chi connectivity index (χ0v) is 12.7. The van der Waals surface area contributed by atoms with Crippen LogP contribution in [-0.4, -0.2) is 10.7 Å². The molecule has 0 amide bonds. The van der Waals surface area contributed by atoms with Gasteiger partial charge in [0.15, 0.2) is 5.78 Å². The Hall–Kier alpha value is -1.96. The number of hydrogen-bond donors (Lipinski definition) is 0. The van der Waals surface area contributed by atoms with E-state index < -0.39 is 4.92 Å². The lowest BCUT2D eigenvalue weighted by Gasteiger charge is -2.07. The van der Waals surface area contributed by atoms with Crippen molar-refractivity contribution in [3.05, 3.63) is 61.7 Å². The number of benzene rings is 2. The number of nitro groups is 1. The molecule has 0 fully saturated rings. The first-order valence-electron chi connectivity index (χ1n) is 5.70. The molecule has 0 aliphatic rings. The second-order valence-corrected chi connectivity index (χ2v) is 5.30. The maximum absolute atomic E-state index is 11.3. The van der Waals surface area contributed by atoms with Gasteiger partial charge in [-0.2, -0.15) is 0 Å². The van der Waals surface area contributed by atoms with Gasteiger partial charge >= 0.3 is 0 Å². The summed E-state index contributed by atoms with van der Waals surface area (Å²) in [5.41, 5.74) is -0.175. The molecule has 0 aliphatic heterocycles. The largest absolute Gasteiger partial charge is 0.457 e. The molecular formula is C14H10INO4. The zero-order valence-electron chi connectivity index (χ0n) is 10.5. The third-order valence-electron chi connectivity index (χ3n) is 2.58. The van der Waals surface area contributed by atoms with Crippen molar-refractivity contribution in [3.63, 3.8) is 0 Å². The standard InChI is InChI=1S/C14H10INO4/c1-9(17)13-6-5-12(8-14(13)16(18)19)20-11-4-2-3-10(15)7-11/h2-8H,1H3. The first kappa shape index (κ1) is 14.4. The molecular weight excluding hydrogens is 373 g/mol. The molecule has 0 bridgehead atoms. The zero-order chi connectivity index (χ0) is 14.7. The van der Waals surface area contributed by atoms with E-state index in [0.717, 1.165) is 3.57 Å². The van der Waals surface area contributed by atoms with Gasteiger partial charge in [0, 0.05) is 3.57 Å². The first-order valence-corrected chi connectivity index (χ1v) is 6.78. The monoisotopic (exact) mass is 383 g/mol. The summed E-state index contributed by atoms with van der Waals surface area (Å²) in [6.45, 7) is 1.29. The molecule has 0 aliphatic carbocycles. The van der Waals surface area contributed by atoms with Gasteiger partial charge in [0.1, 0.15) is 11.5 Å². The fourth-order valence-corrected chi connectivity index (χ4v) is 2.20. The van der Waals surface area contributed by atoms with Crippen LogP contribution in [0.4, 0.5) is 5.69 Å². The van der Waals surface area contributed by atoms with E-state index >= 15 is 0 Å². The number of carbonyl (C=O) groups excluding carboxylic acids is 1. The van der Waals surface area contributed by atoms with E-state index in [-0.39, 0.29) is 17.0 Å². The summed E-state index contributed by atoms with van der Waals surface area (Å²) in [5, 5.41) is 11.0. The summed E-state index contributed by atoms with van der Waals surface area (Å²) in [4.78, 5) is 21.7. The topological polar surface area (TPSA) is 69.4 Å². The van der Waals surface area contributed by atoms with Crippen molar-refractivity contribution in [1.82, 2.24) is 0 Å². The van der Waals surface area contributed by atoms with E-state index in [4.69, 9.17) is 4.74 Å². The highest BCUT2D eigenvalue weighted by molar-refractivity contribution is 14.1. The van der Waals surface area contributed by atoms with Crippen LogP contribution in [-0.2, 0) is 0 Å². The van der Waals surface area contributed by atoms with Crippen molar-refractivity contribution >= 4 is 34.1 Å². The van der Waals surface area contributed by atoms with Crippen LogP contribution in [0.15, 0.2) is 42.5 Å². The predicted molar refractivity (Wildman–Crippen MR) is 82.3 cm³/mol. The summed E-state index contributed by atoms with van der Waals surface area (Å²) >= 11 is 2.15. The molecule has 2 aromatic carbocycles. The molecule has 0 saturated heterocycles. The van der Waals surface area contributed by atoms with Crippen molar-refractivity contribution in [2.45, 2.75) is 6.92 Å². The highest BCUT2D eigenvalue weighted by Crippen LogP contribution is 2.29. The van der Waals surface area contributed by atoms with E-state index in [2.05, 4.69) is 22.6 Å². The summed E-state index contributed by atoms with van der Waals surface area (Å²) in [6.07, 6.45) is 0. The van der Waals surface area contributed by atoms with Crippen LogP contribution in [0.25, 0.3) is 0 Å². The molecule has 20 heavy (non-hydrogen) atoms. The van der Waals surface area contributed by atoms with Crippen LogP contribution < -0.4 is 4.74 Å². The summed E-state index contributed by atoms with van der Waals surface area (Å²) in [7, 11) is 0. The molecule has 0 N–H and O–H groups in total. The SMILES string of the molecule is CC(=O)c1ccc(Oc2cccc(I)c2)cc1[N+](=O)[O-]. The quantitative estimate of drug-likeness (QED) is 0.344. The fraction of sp³-hybridized carbons (Fsp3) is 0.0714. The molecule has 0 aromatic heterocycles. The molecule has 0 unspecified atom stereocenters. The Balaban J connectivity index is 2.36. The van der Waals surface area contributed by atoms with E-state index in [1.54, 1.807) is 12.1 Å². The minimum absolute atomic E-state index is 0.0741. The first-order chi connectivity index (χ1) is 9.47. The number of hydrogen-bond acceptors (Lipinski definition) is 4. The van der Waals surface area contributed by atoms with Crippen molar-refractivity contribution in [2.75, 3.05) is 0 Å². The second-order valence-electron chi connectivity index (χ2n) is 4.05. The lowest BCUT2D eigenvalue weighted by atomic mass is 10.1. The maximum atomic E-state index is 11.3.